The zero-order valence-corrected chi connectivity index (χ0v) is 9.53. The second kappa shape index (κ2) is 6.27. The summed E-state index contributed by atoms with van der Waals surface area (Å²) in [6.07, 6.45) is 10.2. The first-order valence-corrected chi connectivity index (χ1v) is 5.51. The molecule has 84 valence electrons. The molecule has 0 radical (unpaired) electrons. The summed E-state index contributed by atoms with van der Waals surface area (Å²) in [5, 5.41) is 0. The Balaban J connectivity index is 2.65. The number of unbranched alkanes of at least 4 members (excludes halogenated alkanes) is 1. The largest absolute Gasteiger partial charge is 0.452 e. The quantitative estimate of drug-likeness (QED) is 0.714. The van der Waals surface area contributed by atoms with Crippen molar-refractivity contribution >= 4 is 6.09 Å². The number of methoxy groups -OCH3 is 1. The molecule has 15 heavy (non-hydrogen) atoms. The molecule has 0 bridgehead atoms. The van der Waals surface area contributed by atoms with E-state index in [4.69, 9.17) is 4.74 Å². The third-order valence-corrected chi connectivity index (χ3v) is 2.39. The van der Waals surface area contributed by atoms with E-state index in [1.54, 1.807) is 4.90 Å². The molecule has 1 aliphatic heterocycles. The Morgan fingerprint density at radius 3 is 3.13 bits per heavy atom. The van der Waals surface area contributed by atoms with Gasteiger partial charge in [-0.1, -0.05) is 25.5 Å². The molecule has 0 saturated carbocycles. The van der Waals surface area contributed by atoms with Gasteiger partial charge in [-0.3, -0.25) is 4.90 Å². The van der Waals surface area contributed by atoms with Crippen molar-refractivity contribution in [3.63, 3.8) is 0 Å². The van der Waals surface area contributed by atoms with Crippen molar-refractivity contribution in [2.75, 3.05) is 13.7 Å². The van der Waals surface area contributed by atoms with Crippen LogP contribution < -0.4 is 0 Å². The van der Waals surface area contributed by atoms with Crippen LogP contribution in [0.1, 0.15) is 32.6 Å². The molecule has 0 aliphatic carbocycles. The van der Waals surface area contributed by atoms with Crippen molar-refractivity contribution in [1.82, 2.24) is 4.90 Å². The van der Waals surface area contributed by atoms with Crippen LogP contribution in [0.3, 0.4) is 0 Å². The molecule has 0 N–H and O–H groups in total. The summed E-state index contributed by atoms with van der Waals surface area (Å²) in [4.78, 5) is 13.1. The Bertz CT molecular complexity index is 269. The van der Waals surface area contributed by atoms with Crippen LogP contribution >= 0.6 is 0 Å². The van der Waals surface area contributed by atoms with Crippen molar-refractivity contribution in [3.05, 3.63) is 23.9 Å². The molecule has 0 unspecified atom stereocenters. The van der Waals surface area contributed by atoms with Gasteiger partial charge in [-0.25, -0.2) is 4.79 Å². The molecule has 0 fully saturated rings. The van der Waals surface area contributed by atoms with Gasteiger partial charge in [0.1, 0.15) is 0 Å². The van der Waals surface area contributed by atoms with Crippen molar-refractivity contribution < 1.29 is 9.53 Å². The summed E-state index contributed by atoms with van der Waals surface area (Å²) >= 11 is 0. The Hall–Kier alpha value is -1.25. The number of hydrogen-bond donors (Lipinski definition) is 0. The average Bonchev–Trinajstić information content (AvgIpc) is 2.29. The molecule has 1 heterocycles. The summed E-state index contributed by atoms with van der Waals surface area (Å²) in [6, 6.07) is 0. The minimum Gasteiger partial charge on any atom is -0.452 e. The number of carbonyl (C=O) groups is 1. The monoisotopic (exact) mass is 209 g/mol. The van der Waals surface area contributed by atoms with E-state index in [0.717, 1.165) is 37.9 Å². The van der Waals surface area contributed by atoms with Crippen molar-refractivity contribution in [3.8, 4) is 0 Å². The van der Waals surface area contributed by atoms with Gasteiger partial charge in [-0.05, 0) is 25.3 Å². The second-order valence-corrected chi connectivity index (χ2v) is 3.58. The molecule has 0 aromatic carbocycles. The van der Waals surface area contributed by atoms with E-state index in [2.05, 4.69) is 19.1 Å². The molecular formula is C12H19NO2. The molecule has 1 rings (SSSR count). The summed E-state index contributed by atoms with van der Waals surface area (Å²) in [6.45, 7) is 2.90. The summed E-state index contributed by atoms with van der Waals surface area (Å²) in [5.74, 6) is 0. The van der Waals surface area contributed by atoms with Crippen LogP contribution in [0.4, 0.5) is 4.79 Å². The highest BCUT2D eigenvalue weighted by molar-refractivity contribution is 5.70. The maximum Gasteiger partial charge on any atom is 0.413 e. The van der Waals surface area contributed by atoms with Gasteiger partial charge < -0.3 is 4.74 Å². The molecule has 3 nitrogen and oxygen atoms in total. The van der Waals surface area contributed by atoms with E-state index in [-0.39, 0.29) is 6.09 Å². The van der Waals surface area contributed by atoms with Crippen molar-refractivity contribution in [1.29, 1.82) is 0 Å². The lowest BCUT2D eigenvalue weighted by Crippen LogP contribution is -2.32. The smallest absolute Gasteiger partial charge is 0.413 e. The SMILES string of the molecule is CCC/C=C/C1=CCCCN1C(=O)OC. The fourth-order valence-corrected chi connectivity index (χ4v) is 1.57. The van der Waals surface area contributed by atoms with E-state index in [1.165, 1.54) is 7.11 Å². The van der Waals surface area contributed by atoms with Crippen LogP contribution in [0.5, 0.6) is 0 Å². The standard InChI is InChI=1S/C12H19NO2/c1-3-4-5-8-11-9-6-7-10-13(11)12(14)15-2/h5,8-9H,3-4,6-7,10H2,1-2H3/b8-5+. The van der Waals surface area contributed by atoms with Crippen molar-refractivity contribution in [2.45, 2.75) is 32.6 Å². The Morgan fingerprint density at radius 2 is 2.47 bits per heavy atom. The van der Waals surface area contributed by atoms with Crippen LogP contribution in [-0.2, 0) is 4.74 Å². The molecule has 0 atom stereocenters. The number of hydrogen-bond acceptors (Lipinski definition) is 2. The molecule has 1 aliphatic rings. The maximum atomic E-state index is 11.4. The van der Waals surface area contributed by atoms with Gasteiger partial charge in [0.15, 0.2) is 0 Å². The van der Waals surface area contributed by atoms with Gasteiger partial charge in [0.2, 0.25) is 0 Å². The van der Waals surface area contributed by atoms with Crippen LogP contribution in [-0.4, -0.2) is 24.6 Å². The third-order valence-electron chi connectivity index (χ3n) is 2.39. The normalized spacial score (nSPS) is 16.7. The predicted molar refractivity (Wildman–Crippen MR) is 60.5 cm³/mol. The first kappa shape index (κ1) is 11.8. The first-order valence-electron chi connectivity index (χ1n) is 5.51. The van der Waals surface area contributed by atoms with E-state index >= 15 is 0 Å². The summed E-state index contributed by atoms with van der Waals surface area (Å²) in [5.41, 5.74) is 0.974. The Labute approximate surface area is 91.4 Å². The molecular weight excluding hydrogens is 190 g/mol. The first-order chi connectivity index (χ1) is 7.29. The molecule has 0 aromatic heterocycles. The van der Waals surface area contributed by atoms with E-state index in [0.29, 0.717) is 0 Å². The highest BCUT2D eigenvalue weighted by atomic mass is 16.5. The van der Waals surface area contributed by atoms with Gasteiger partial charge in [0, 0.05) is 12.2 Å². The third kappa shape index (κ3) is 3.42. The molecule has 0 spiro atoms. The molecule has 1 amide bonds. The fraction of sp³-hybridized carbons (Fsp3) is 0.583. The summed E-state index contributed by atoms with van der Waals surface area (Å²) in [7, 11) is 1.42. The molecule has 0 saturated heterocycles. The molecule has 0 aromatic rings. The van der Waals surface area contributed by atoms with Gasteiger partial charge in [0.25, 0.3) is 0 Å². The highest BCUT2D eigenvalue weighted by Crippen LogP contribution is 2.17. The number of ether oxygens (including phenoxy) is 1. The van der Waals surface area contributed by atoms with Crippen molar-refractivity contribution in [2.24, 2.45) is 0 Å². The minimum atomic E-state index is -0.262. The van der Waals surface area contributed by atoms with Gasteiger partial charge >= 0.3 is 6.09 Å². The second-order valence-electron chi connectivity index (χ2n) is 3.58. The van der Waals surface area contributed by atoms with Crippen LogP contribution in [0.2, 0.25) is 0 Å². The minimum absolute atomic E-state index is 0.262. The lowest BCUT2D eigenvalue weighted by Gasteiger charge is -2.25. The predicted octanol–water partition coefficient (Wildman–Crippen LogP) is 3.09. The zero-order valence-electron chi connectivity index (χ0n) is 9.53. The van der Waals surface area contributed by atoms with E-state index in [1.807, 2.05) is 6.08 Å². The number of amides is 1. The topological polar surface area (TPSA) is 29.5 Å². The number of allylic oxidation sites excluding steroid dienone is 3. The highest BCUT2D eigenvalue weighted by Gasteiger charge is 2.18. The van der Waals surface area contributed by atoms with Gasteiger partial charge in [0.05, 0.1) is 7.11 Å². The van der Waals surface area contributed by atoms with E-state index < -0.39 is 0 Å². The van der Waals surface area contributed by atoms with Gasteiger partial charge in [-0.2, -0.15) is 0 Å². The fourth-order valence-electron chi connectivity index (χ4n) is 1.57. The lowest BCUT2D eigenvalue weighted by molar-refractivity contribution is 0.135. The molecule has 3 heteroatoms. The number of carbonyl (C=O) groups excluding carboxylic acids is 1. The van der Waals surface area contributed by atoms with Crippen LogP contribution in [0.15, 0.2) is 23.9 Å². The van der Waals surface area contributed by atoms with E-state index in [9.17, 15) is 4.79 Å². The maximum absolute atomic E-state index is 11.4. The number of nitrogens with zero attached hydrogens (tertiary/aromatic N) is 1. The zero-order chi connectivity index (χ0) is 11.1. The lowest BCUT2D eigenvalue weighted by atomic mass is 10.1. The Morgan fingerprint density at radius 1 is 1.67 bits per heavy atom. The summed E-state index contributed by atoms with van der Waals surface area (Å²) < 4.78 is 4.74. The Kier molecular flexibility index (Phi) is 4.95. The van der Waals surface area contributed by atoms with Crippen LogP contribution in [0, 0.1) is 0 Å². The average molecular weight is 209 g/mol. The van der Waals surface area contributed by atoms with Gasteiger partial charge in [-0.15, -0.1) is 0 Å². The van der Waals surface area contributed by atoms with Crippen LogP contribution in [0.25, 0.3) is 0 Å². The number of rotatable bonds is 3.